The lowest BCUT2D eigenvalue weighted by atomic mass is 10.1. The van der Waals surface area contributed by atoms with Crippen molar-refractivity contribution in [2.24, 2.45) is 0 Å². The highest BCUT2D eigenvalue weighted by molar-refractivity contribution is 7.80. The third-order valence-electron chi connectivity index (χ3n) is 2.00. The molecule has 0 aromatic heterocycles. The van der Waals surface area contributed by atoms with Gasteiger partial charge in [0.1, 0.15) is 0 Å². The van der Waals surface area contributed by atoms with Crippen molar-refractivity contribution < 1.29 is 4.79 Å². The van der Waals surface area contributed by atoms with Crippen LogP contribution >= 0.6 is 12.6 Å². The fraction of sp³-hybridized carbons (Fsp3) is 0.333. The number of likely N-dealkylation sites (N-methyl/N-ethyl adjacent to an activating group) is 1. The summed E-state index contributed by atoms with van der Waals surface area (Å²) in [7, 11) is 1.63. The van der Waals surface area contributed by atoms with Gasteiger partial charge in [-0.25, -0.2) is 4.79 Å². The molecule has 0 fully saturated rings. The molecule has 1 rings (SSSR count). The predicted molar refractivity (Wildman–Crippen MR) is 56.5 cm³/mol. The SMILES string of the molecule is CC1=CNC(=O)N(C)/C1=C(\C#N)CS. The highest BCUT2D eigenvalue weighted by atomic mass is 32.1. The number of nitrogens with one attached hydrogen (secondary N) is 1. The highest BCUT2D eigenvalue weighted by Crippen LogP contribution is 2.21. The van der Waals surface area contributed by atoms with E-state index in [4.69, 9.17) is 5.26 Å². The Morgan fingerprint density at radius 1 is 1.79 bits per heavy atom. The van der Waals surface area contributed by atoms with Crippen LogP contribution in [0.3, 0.4) is 0 Å². The van der Waals surface area contributed by atoms with Crippen molar-refractivity contribution in [3.05, 3.63) is 23.0 Å². The maximum atomic E-state index is 11.3. The van der Waals surface area contributed by atoms with E-state index in [1.165, 1.54) is 4.90 Å². The third kappa shape index (κ3) is 1.75. The molecule has 5 heteroatoms. The van der Waals surface area contributed by atoms with Gasteiger partial charge in [0.05, 0.1) is 17.3 Å². The average molecular weight is 209 g/mol. The van der Waals surface area contributed by atoms with Gasteiger partial charge in [-0.3, -0.25) is 4.90 Å². The van der Waals surface area contributed by atoms with Gasteiger partial charge in [0.2, 0.25) is 0 Å². The molecule has 0 aliphatic carbocycles. The van der Waals surface area contributed by atoms with E-state index in [0.29, 0.717) is 17.0 Å². The molecule has 74 valence electrons. The fourth-order valence-corrected chi connectivity index (χ4v) is 1.53. The lowest BCUT2D eigenvalue weighted by Gasteiger charge is -2.26. The molecule has 0 aromatic carbocycles. The number of hydrogen-bond acceptors (Lipinski definition) is 3. The molecule has 4 nitrogen and oxygen atoms in total. The number of rotatable bonds is 1. The fourth-order valence-electron chi connectivity index (χ4n) is 1.30. The smallest absolute Gasteiger partial charge is 0.314 e. The van der Waals surface area contributed by atoms with Gasteiger partial charge in [-0.1, -0.05) is 0 Å². The second-order valence-electron chi connectivity index (χ2n) is 2.93. The maximum Gasteiger partial charge on any atom is 0.325 e. The second-order valence-corrected chi connectivity index (χ2v) is 3.25. The molecule has 0 bridgehead atoms. The summed E-state index contributed by atoms with van der Waals surface area (Å²) in [4.78, 5) is 12.7. The zero-order valence-corrected chi connectivity index (χ0v) is 8.93. The molecule has 0 saturated heterocycles. The van der Waals surface area contributed by atoms with E-state index in [2.05, 4.69) is 17.9 Å². The number of carbonyl (C=O) groups excluding carboxylic acids is 1. The van der Waals surface area contributed by atoms with Crippen LogP contribution in [0.5, 0.6) is 0 Å². The van der Waals surface area contributed by atoms with E-state index in [9.17, 15) is 4.79 Å². The van der Waals surface area contributed by atoms with Gasteiger partial charge < -0.3 is 5.32 Å². The van der Waals surface area contributed by atoms with Crippen molar-refractivity contribution >= 4 is 18.7 Å². The summed E-state index contributed by atoms with van der Waals surface area (Å²) in [5.74, 6) is 0.328. The van der Waals surface area contributed by atoms with Gasteiger partial charge in [0, 0.05) is 19.0 Å². The minimum atomic E-state index is -0.236. The number of thiol groups is 1. The first-order chi connectivity index (χ1) is 6.61. The Bertz CT molecular complexity index is 365. The van der Waals surface area contributed by atoms with Crippen LogP contribution < -0.4 is 5.32 Å². The van der Waals surface area contributed by atoms with Crippen molar-refractivity contribution in [1.29, 1.82) is 5.26 Å². The van der Waals surface area contributed by atoms with Gasteiger partial charge in [-0.05, 0) is 12.5 Å². The lowest BCUT2D eigenvalue weighted by Crippen LogP contribution is -2.38. The van der Waals surface area contributed by atoms with Gasteiger partial charge in [-0.2, -0.15) is 17.9 Å². The predicted octanol–water partition coefficient (Wildman–Crippen LogP) is 1.25. The summed E-state index contributed by atoms with van der Waals surface area (Å²) in [6.45, 7) is 1.84. The van der Waals surface area contributed by atoms with Crippen molar-refractivity contribution in [3.63, 3.8) is 0 Å². The molecule has 1 heterocycles. The van der Waals surface area contributed by atoms with E-state index < -0.39 is 0 Å². The van der Waals surface area contributed by atoms with Crippen molar-refractivity contribution in [2.75, 3.05) is 12.8 Å². The van der Waals surface area contributed by atoms with E-state index >= 15 is 0 Å². The van der Waals surface area contributed by atoms with Gasteiger partial charge in [-0.15, -0.1) is 0 Å². The molecule has 1 aliphatic heterocycles. The van der Waals surface area contributed by atoms with E-state index in [1.807, 2.05) is 13.0 Å². The van der Waals surface area contributed by atoms with Crippen molar-refractivity contribution in [2.45, 2.75) is 6.92 Å². The van der Waals surface area contributed by atoms with Crippen LogP contribution in [-0.2, 0) is 0 Å². The minimum absolute atomic E-state index is 0.236. The van der Waals surface area contributed by atoms with Crippen LogP contribution in [0.1, 0.15) is 6.92 Å². The first-order valence-electron chi connectivity index (χ1n) is 4.07. The molecular formula is C9H11N3OS. The highest BCUT2D eigenvalue weighted by Gasteiger charge is 2.21. The zero-order valence-electron chi connectivity index (χ0n) is 8.03. The molecule has 0 atom stereocenters. The molecular weight excluding hydrogens is 198 g/mol. The van der Waals surface area contributed by atoms with Crippen molar-refractivity contribution in [1.82, 2.24) is 10.2 Å². The second kappa shape index (κ2) is 4.20. The first-order valence-corrected chi connectivity index (χ1v) is 4.70. The molecule has 0 unspecified atom stereocenters. The Morgan fingerprint density at radius 3 is 2.93 bits per heavy atom. The molecule has 1 aliphatic rings. The molecule has 0 aromatic rings. The van der Waals surface area contributed by atoms with Crippen LogP contribution in [-0.4, -0.2) is 23.7 Å². The van der Waals surface area contributed by atoms with E-state index in [-0.39, 0.29) is 6.03 Å². The zero-order chi connectivity index (χ0) is 10.7. The summed E-state index contributed by atoms with van der Waals surface area (Å²) in [6.07, 6.45) is 1.60. The van der Waals surface area contributed by atoms with Crippen molar-refractivity contribution in [3.8, 4) is 6.07 Å². The Hall–Kier alpha value is -1.41. The monoisotopic (exact) mass is 209 g/mol. The van der Waals surface area contributed by atoms with Gasteiger partial charge in [0.25, 0.3) is 0 Å². The summed E-state index contributed by atoms with van der Waals surface area (Å²) >= 11 is 4.05. The van der Waals surface area contributed by atoms with E-state index in [1.54, 1.807) is 13.2 Å². The number of hydrogen-bond donors (Lipinski definition) is 2. The number of allylic oxidation sites excluding steroid dienone is 1. The Morgan fingerprint density at radius 2 is 2.43 bits per heavy atom. The normalized spacial score (nSPS) is 19.7. The number of carbonyl (C=O) groups is 1. The third-order valence-corrected chi connectivity index (χ3v) is 2.32. The minimum Gasteiger partial charge on any atom is -0.314 e. The Labute approximate surface area is 88.3 Å². The Balaban J connectivity index is 3.25. The Kier molecular flexibility index (Phi) is 3.20. The summed E-state index contributed by atoms with van der Waals surface area (Å²) in [5.41, 5.74) is 2.00. The molecule has 2 amide bonds. The summed E-state index contributed by atoms with van der Waals surface area (Å²) in [6, 6.07) is 1.81. The van der Waals surface area contributed by atoms with Crippen LogP contribution in [0.4, 0.5) is 4.79 Å². The standard InChI is InChI=1S/C9H11N3OS/c1-6-4-11-9(13)12(2)8(6)7(3-10)5-14/h4,14H,5H2,1-2H3,(H,11,13)/b8-7+. The first kappa shape index (κ1) is 10.7. The molecule has 0 spiro atoms. The number of nitrogens with zero attached hydrogens (tertiary/aromatic N) is 2. The van der Waals surface area contributed by atoms with Gasteiger partial charge >= 0.3 is 6.03 Å². The number of urea groups is 1. The molecule has 14 heavy (non-hydrogen) atoms. The van der Waals surface area contributed by atoms with Crippen LogP contribution in [0.15, 0.2) is 23.0 Å². The average Bonchev–Trinajstić information content (AvgIpc) is 2.19. The molecule has 1 N–H and O–H groups in total. The topological polar surface area (TPSA) is 56.1 Å². The van der Waals surface area contributed by atoms with Gasteiger partial charge in [0.15, 0.2) is 0 Å². The summed E-state index contributed by atoms with van der Waals surface area (Å²) < 4.78 is 0. The molecule has 0 saturated carbocycles. The largest absolute Gasteiger partial charge is 0.325 e. The number of nitriles is 1. The van der Waals surface area contributed by atoms with Crippen LogP contribution in [0.25, 0.3) is 0 Å². The van der Waals surface area contributed by atoms with Crippen LogP contribution in [0, 0.1) is 11.3 Å². The number of amides is 2. The quantitative estimate of drug-likeness (QED) is 0.504. The molecule has 0 radical (unpaired) electrons. The van der Waals surface area contributed by atoms with E-state index in [0.717, 1.165) is 5.57 Å². The maximum absolute atomic E-state index is 11.3. The summed E-state index contributed by atoms with van der Waals surface area (Å²) in [5, 5.41) is 11.4. The van der Waals surface area contributed by atoms with Crippen LogP contribution in [0.2, 0.25) is 0 Å². The lowest BCUT2D eigenvalue weighted by molar-refractivity contribution is 0.221.